The van der Waals surface area contributed by atoms with Crippen LogP contribution in [0.2, 0.25) is 5.02 Å². The molecule has 1 rings (SSSR count). The molecule has 0 heterocycles. The number of halogens is 2. The van der Waals surface area contributed by atoms with Crippen molar-refractivity contribution in [2.75, 3.05) is 6.61 Å². The Bertz CT molecular complexity index is 380. The van der Waals surface area contributed by atoms with Crippen LogP contribution in [0.4, 0.5) is 0 Å². The van der Waals surface area contributed by atoms with Crippen molar-refractivity contribution in [3.63, 3.8) is 0 Å². The van der Waals surface area contributed by atoms with Crippen molar-refractivity contribution >= 4 is 23.2 Å². The Morgan fingerprint density at radius 3 is 2.82 bits per heavy atom. The molecule has 94 valence electrons. The van der Waals surface area contributed by atoms with E-state index in [2.05, 4.69) is 6.92 Å². The lowest BCUT2D eigenvalue weighted by atomic mass is 10.0. The number of nitrogens with two attached hydrogens (primary N) is 1. The van der Waals surface area contributed by atoms with Gasteiger partial charge in [0.2, 0.25) is 0 Å². The van der Waals surface area contributed by atoms with Gasteiger partial charge in [0.05, 0.1) is 5.02 Å². The van der Waals surface area contributed by atoms with Crippen molar-refractivity contribution in [3.05, 3.63) is 40.4 Å². The van der Waals surface area contributed by atoms with Gasteiger partial charge in [0.25, 0.3) is 0 Å². The third kappa shape index (κ3) is 4.99. The minimum Gasteiger partial charge on any atom is -0.488 e. The van der Waals surface area contributed by atoms with Crippen LogP contribution in [0.15, 0.2) is 29.8 Å². The Morgan fingerprint density at radius 1 is 1.47 bits per heavy atom. The maximum atomic E-state index is 6.11. The van der Waals surface area contributed by atoms with E-state index in [0.717, 1.165) is 18.4 Å². The molecular weight excluding hydrogens is 257 g/mol. The highest BCUT2D eigenvalue weighted by molar-refractivity contribution is 6.32. The van der Waals surface area contributed by atoms with Crippen LogP contribution in [0.1, 0.15) is 18.9 Å². The summed E-state index contributed by atoms with van der Waals surface area (Å²) in [6.07, 6.45) is 3.49. The summed E-state index contributed by atoms with van der Waals surface area (Å²) in [4.78, 5) is 0. The van der Waals surface area contributed by atoms with E-state index < -0.39 is 0 Å². The van der Waals surface area contributed by atoms with E-state index in [0.29, 0.717) is 17.4 Å². The van der Waals surface area contributed by atoms with Crippen molar-refractivity contribution in [3.8, 4) is 5.75 Å². The number of hydrogen-bond donors (Lipinski definition) is 1. The molecule has 2 nitrogen and oxygen atoms in total. The lowest BCUT2D eigenvalue weighted by molar-refractivity contribution is 0.363. The smallest absolute Gasteiger partial charge is 0.138 e. The quantitative estimate of drug-likeness (QED) is 0.857. The molecule has 0 aromatic heterocycles. The fourth-order valence-corrected chi connectivity index (χ4v) is 1.74. The average Bonchev–Trinajstić information content (AvgIpc) is 2.32. The third-order valence-corrected chi connectivity index (χ3v) is 2.92. The Balaban J connectivity index is 2.65. The summed E-state index contributed by atoms with van der Waals surface area (Å²) in [5.41, 5.74) is 8.44. The molecule has 0 saturated carbocycles. The van der Waals surface area contributed by atoms with E-state index in [4.69, 9.17) is 33.7 Å². The summed E-state index contributed by atoms with van der Waals surface area (Å²) in [5, 5.41) is 0.605. The fourth-order valence-electron chi connectivity index (χ4n) is 1.41. The van der Waals surface area contributed by atoms with E-state index in [1.165, 1.54) is 5.54 Å². The van der Waals surface area contributed by atoms with Gasteiger partial charge < -0.3 is 10.5 Å². The van der Waals surface area contributed by atoms with Crippen LogP contribution in [0.5, 0.6) is 5.75 Å². The van der Waals surface area contributed by atoms with E-state index in [1.54, 1.807) is 6.08 Å². The molecule has 1 unspecified atom stereocenters. The average molecular weight is 274 g/mol. The molecule has 17 heavy (non-hydrogen) atoms. The SMILES string of the molecule is CCC(N)Cc1ccc(OCC=CCl)c(Cl)c1. The first kappa shape index (κ1) is 14.4. The summed E-state index contributed by atoms with van der Waals surface area (Å²) in [6.45, 7) is 2.49. The number of hydrogen-bond acceptors (Lipinski definition) is 2. The van der Waals surface area contributed by atoms with Crippen molar-refractivity contribution in [2.45, 2.75) is 25.8 Å². The maximum absolute atomic E-state index is 6.11. The molecule has 1 aromatic carbocycles. The third-order valence-electron chi connectivity index (χ3n) is 2.44. The highest BCUT2D eigenvalue weighted by atomic mass is 35.5. The van der Waals surface area contributed by atoms with Crippen LogP contribution in [-0.2, 0) is 6.42 Å². The Hall–Kier alpha value is -0.700. The molecule has 1 aromatic rings. The monoisotopic (exact) mass is 273 g/mol. The van der Waals surface area contributed by atoms with Crippen molar-refractivity contribution in [1.29, 1.82) is 0 Å². The highest BCUT2D eigenvalue weighted by Gasteiger charge is 2.05. The largest absolute Gasteiger partial charge is 0.488 e. The van der Waals surface area contributed by atoms with Gasteiger partial charge in [0.15, 0.2) is 0 Å². The topological polar surface area (TPSA) is 35.2 Å². The molecule has 1 atom stereocenters. The van der Waals surface area contributed by atoms with Gasteiger partial charge >= 0.3 is 0 Å². The molecule has 0 bridgehead atoms. The molecule has 2 N–H and O–H groups in total. The zero-order chi connectivity index (χ0) is 12.7. The van der Waals surface area contributed by atoms with Crippen LogP contribution in [-0.4, -0.2) is 12.6 Å². The van der Waals surface area contributed by atoms with Crippen molar-refractivity contribution in [1.82, 2.24) is 0 Å². The lowest BCUT2D eigenvalue weighted by Gasteiger charge is -2.11. The summed E-state index contributed by atoms with van der Waals surface area (Å²) in [5.74, 6) is 0.662. The summed E-state index contributed by atoms with van der Waals surface area (Å²) >= 11 is 11.5. The summed E-state index contributed by atoms with van der Waals surface area (Å²) in [6, 6.07) is 5.93. The van der Waals surface area contributed by atoms with Gasteiger partial charge in [-0.05, 0) is 36.6 Å². The van der Waals surface area contributed by atoms with Gasteiger partial charge in [-0.1, -0.05) is 36.2 Å². The predicted molar refractivity (Wildman–Crippen MR) is 73.9 cm³/mol. The number of benzene rings is 1. The van der Waals surface area contributed by atoms with Gasteiger partial charge in [0, 0.05) is 11.6 Å². The van der Waals surface area contributed by atoms with Gasteiger partial charge in [-0.25, -0.2) is 0 Å². The molecule has 0 aliphatic carbocycles. The minimum absolute atomic E-state index is 0.178. The fraction of sp³-hybridized carbons (Fsp3) is 0.385. The summed E-state index contributed by atoms with van der Waals surface area (Å²) < 4.78 is 5.43. The molecule has 0 fully saturated rings. The van der Waals surface area contributed by atoms with E-state index in [9.17, 15) is 0 Å². The molecule has 0 aliphatic rings. The predicted octanol–water partition coefficient (Wildman–Crippen LogP) is 3.75. The van der Waals surface area contributed by atoms with Crippen LogP contribution in [0.25, 0.3) is 0 Å². The minimum atomic E-state index is 0.178. The van der Waals surface area contributed by atoms with Gasteiger partial charge in [-0.2, -0.15) is 0 Å². The second kappa shape index (κ2) is 7.59. The van der Waals surface area contributed by atoms with Crippen LogP contribution < -0.4 is 10.5 Å². The maximum Gasteiger partial charge on any atom is 0.138 e. The molecule has 0 amide bonds. The Kier molecular flexibility index (Phi) is 6.41. The van der Waals surface area contributed by atoms with Crippen LogP contribution in [0.3, 0.4) is 0 Å². The lowest BCUT2D eigenvalue weighted by Crippen LogP contribution is -2.21. The first-order chi connectivity index (χ1) is 8.17. The molecular formula is C13H17Cl2NO. The van der Waals surface area contributed by atoms with Crippen LogP contribution >= 0.6 is 23.2 Å². The highest BCUT2D eigenvalue weighted by Crippen LogP contribution is 2.26. The van der Waals surface area contributed by atoms with Crippen molar-refractivity contribution in [2.24, 2.45) is 5.73 Å². The Morgan fingerprint density at radius 2 is 2.24 bits per heavy atom. The zero-order valence-electron chi connectivity index (χ0n) is 9.83. The standard InChI is InChI=1S/C13H17Cl2NO/c1-2-11(16)8-10-4-5-13(12(15)9-10)17-7-3-6-14/h3-6,9,11H,2,7-8,16H2,1H3. The zero-order valence-corrected chi connectivity index (χ0v) is 11.3. The van der Waals surface area contributed by atoms with Crippen molar-refractivity contribution < 1.29 is 4.74 Å². The first-order valence-corrected chi connectivity index (χ1v) is 6.40. The second-order valence-electron chi connectivity index (χ2n) is 3.81. The van der Waals surface area contributed by atoms with Gasteiger partial charge in [0.1, 0.15) is 12.4 Å². The molecule has 0 saturated heterocycles. The Labute approximate surface area is 112 Å². The molecule has 0 radical (unpaired) electrons. The first-order valence-electron chi connectivity index (χ1n) is 5.59. The number of ether oxygens (including phenoxy) is 1. The van der Waals surface area contributed by atoms with Crippen LogP contribution in [0, 0.1) is 0 Å². The molecule has 4 heteroatoms. The molecule has 0 spiro atoms. The van der Waals surface area contributed by atoms with E-state index in [-0.39, 0.29) is 6.04 Å². The normalized spacial score (nSPS) is 12.9. The van der Waals surface area contributed by atoms with Gasteiger partial charge in [-0.15, -0.1) is 0 Å². The second-order valence-corrected chi connectivity index (χ2v) is 4.47. The van der Waals surface area contributed by atoms with E-state index in [1.807, 2.05) is 18.2 Å². The summed E-state index contributed by atoms with van der Waals surface area (Å²) in [7, 11) is 0. The van der Waals surface area contributed by atoms with E-state index >= 15 is 0 Å². The van der Waals surface area contributed by atoms with Gasteiger partial charge in [-0.3, -0.25) is 0 Å². The number of rotatable bonds is 6. The molecule has 0 aliphatic heterocycles.